The lowest BCUT2D eigenvalue weighted by molar-refractivity contribution is 0.0697. The fourth-order valence-corrected chi connectivity index (χ4v) is 3.97. The van der Waals surface area contributed by atoms with E-state index in [4.69, 9.17) is 4.74 Å². The molecule has 2 aromatic heterocycles. The molecule has 158 valence electrons. The lowest BCUT2D eigenvalue weighted by Crippen LogP contribution is -2.29. The van der Waals surface area contributed by atoms with E-state index in [1.165, 1.54) is 26.4 Å². The van der Waals surface area contributed by atoms with Crippen LogP contribution in [0.25, 0.3) is 22.6 Å². The Bertz CT molecular complexity index is 1230. The average molecular weight is 430 g/mol. The van der Waals surface area contributed by atoms with Gasteiger partial charge in [-0.25, -0.2) is 13.8 Å². The van der Waals surface area contributed by atoms with E-state index in [0.717, 1.165) is 8.28 Å². The molecule has 1 N–H and O–H groups in total. The Balaban J connectivity index is 2.43. The molecule has 0 aliphatic rings. The van der Waals surface area contributed by atoms with Crippen LogP contribution >= 0.6 is 0 Å². The normalized spacial score (nSPS) is 11.7. The van der Waals surface area contributed by atoms with Crippen molar-refractivity contribution >= 4 is 27.2 Å². The number of carbonyl (C=O) groups is 1. The maximum atomic E-state index is 13.1. The number of carboxylic acid groups (broad SMARTS) is 1. The second-order valence-corrected chi connectivity index (χ2v) is 8.60. The number of aromatic carboxylic acids is 1. The van der Waals surface area contributed by atoms with Crippen LogP contribution in [0.2, 0.25) is 0 Å². The van der Waals surface area contributed by atoms with Gasteiger partial charge < -0.3 is 9.84 Å². The standard InChI is InChI=1S/C20H22N4O5S/c1-5-10-29-16-9-7-8-15-18(16)22-19(24(15)30(27,28)23(3)4)17-14(20(25)26)11-13(6-2)12-21-17/h5,7-9,11-12H,1,6,10H2,2-4H3,(H,25,26). The molecule has 3 rings (SSSR count). The van der Waals surface area contributed by atoms with Gasteiger partial charge in [0.1, 0.15) is 23.6 Å². The third-order valence-corrected chi connectivity index (χ3v) is 6.20. The summed E-state index contributed by atoms with van der Waals surface area (Å²) in [5.41, 5.74) is 1.06. The minimum Gasteiger partial charge on any atom is -0.487 e. The van der Waals surface area contributed by atoms with E-state index in [9.17, 15) is 18.3 Å². The highest BCUT2D eigenvalue weighted by atomic mass is 32.2. The Morgan fingerprint density at radius 2 is 2.10 bits per heavy atom. The molecule has 9 nitrogen and oxygen atoms in total. The van der Waals surface area contributed by atoms with Gasteiger partial charge in [-0.1, -0.05) is 25.6 Å². The van der Waals surface area contributed by atoms with Crippen LogP contribution in [0.15, 0.2) is 43.1 Å². The summed E-state index contributed by atoms with van der Waals surface area (Å²) in [6.07, 6.45) is 3.66. The number of rotatable bonds is 8. The maximum absolute atomic E-state index is 13.1. The SMILES string of the molecule is C=CCOc1cccc2c1nc(-c1ncc(CC)cc1C(=O)O)n2S(=O)(=O)N(C)C. The van der Waals surface area contributed by atoms with Crippen molar-refractivity contribution in [1.29, 1.82) is 0 Å². The molecule has 0 unspecified atom stereocenters. The second kappa shape index (κ2) is 8.25. The van der Waals surface area contributed by atoms with Gasteiger partial charge in [-0.2, -0.15) is 12.7 Å². The second-order valence-electron chi connectivity index (χ2n) is 6.61. The van der Waals surface area contributed by atoms with Gasteiger partial charge in [0.25, 0.3) is 0 Å². The van der Waals surface area contributed by atoms with Crippen molar-refractivity contribution in [3.8, 4) is 17.3 Å². The predicted molar refractivity (Wildman–Crippen MR) is 113 cm³/mol. The highest BCUT2D eigenvalue weighted by Crippen LogP contribution is 2.33. The number of nitrogens with zero attached hydrogens (tertiary/aromatic N) is 4. The number of hydrogen-bond donors (Lipinski definition) is 1. The van der Waals surface area contributed by atoms with Crippen molar-refractivity contribution < 1.29 is 23.1 Å². The molecule has 0 fully saturated rings. The quantitative estimate of drug-likeness (QED) is 0.546. The van der Waals surface area contributed by atoms with Crippen LogP contribution in [-0.4, -0.2) is 58.4 Å². The van der Waals surface area contributed by atoms with E-state index < -0.39 is 16.2 Å². The fourth-order valence-electron chi connectivity index (χ4n) is 2.91. The summed E-state index contributed by atoms with van der Waals surface area (Å²) in [7, 11) is -1.29. The highest BCUT2D eigenvalue weighted by molar-refractivity contribution is 7.87. The number of pyridine rings is 1. The third-order valence-electron chi connectivity index (χ3n) is 4.45. The Morgan fingerprint density at radius 3 is 2.70 bits per heavy atom. The molecule has 0 radical (unpaired) electrons. The fraction of sp³-hybridized carbons (Fsp3) is 0.250. The Hall–Kier alpha value is -3.24. The molecule has 0 aliphatic heterocycles. The highest BCUT2D eigenvalue weighted by Gasteiger charge is 2.29. The zero-order chi connectivity index (χ0) is 22.1. The first-order chi connectivity index (χ1) is 14.2. The summed E-state index contributed by atoms with van der Waals surface area (Å²) < 4.78 is 33.9. The van der Waals surface area contributed by atoms with Gasteiger partial charge in [0.2, 0.25) is 0 Å². The van der Waals surface area contributed by atoms with Crippen LogP contribution in [-0.2, 0) is 16.6 Å². The number of imidazole rings is 1. The summed E-state index contributed by atoms with van der Waals surface area (Å²) in [6.45, 7) is 5.68. The minimum absolute atomic E-state index is 0.0454. The van der Waals surface area contributed by atoms with Crippen molar-refractivity contribution in [1.82, 2.24) is 18.2 Å². The molecule has 0 amide bonds. The lowest BCUT2D eigenvalue weighted by Gasteiger charge is -2.16. The van der Waals surface area contributed by atoms with E-state index in [-0.39, 0.29) is 34.7 Å². The monoisotopic (exact) mass is 430 g/mol. The minimum atomic E-state index is -4.06. The molecule has 0 saturated heterocycles. The maximum Gasteiger partial charge on any atom is 0.338 e. The third kappa shape index (κ3) is 3.66. The molecule has 10 heteroatoms. The molecule has 30 heavy (non-hydrogen) atoms. The zero-order valence-corrected chi connectivity index (χ0v) is 17.7. The molecule has 2 heterocycles. The molecule has 0 bridgehead atoms. The Kier molecular flexibility index (Phi) is 5.90. The first-order valence-corrected chi connectivity index (χ1v) is 10.5. The van der Waals surface area contributed by atoms with Gasteiger partial charge in [0.15, 0.2) is 5.82 Å². The molecule has 0 saturated carbocycles. The van der Waals surface area contributed by atoms with Gasteiger partial charge in [-0.15, -0.1) is 0 Å². The summed E-state index contributed by atoms with van der Waals surface area (Å²) >= 11 is 0. The molecular weight excluding hydrogens is 408 g/mol. The number of benzene rings is 1. The molecule has 0 aliphatic carbocycles. The summed E-state index contributed by atoms with van der Waals surface area (Å²) in [4.78, 5) is 20.6. The van der Waals surface area contributed by atoms with Crippen molar-refractivity contribution in [2.24, 2.45) is 0 Å². The van der Waals surface area contributed by atoms with Crippen LogP contribution in [0.3, 0.4) is 0 Å². The van der Waals surface area contributed by atoms with Gasteiger partial charge in [-0.3, -0.25) is 4.98 Å². The van der Waals surface area contributed by atoms with Crippen molar-refractivity contribution in [2.75, 3.05) is 20.7 Å². The number of hydrogen-bond acceptors (Lipinski definition) is 6. The largest absolute Gasteiger partial charge is 0.487 e. The van der Waals surface area contributed by atoms with Crippen LogP contribution in [0.4, 0.5) is 0 Å². The van der Waals surface area contributed by atoms with Gasteiger partial charge in [-0.05, 0) is 30.2 Å². The van der Waals surface area contributed by atoms with E-state index in [0.29, 0.717) is 17.7 Å². The summed E-state index contributed by atoms with van der Waals surface area (Å²) in [5, 5.41) is 9.72. The molecule has 1 aromatic carbocycles. The number of carboxylic acids is 1. The number of aryl methyl sites for hydroxylation is 1. The first-order valence-electron chi connectivity index (χ1n) is 9.13. The Morgan fingerprint density at radius 1 is 1.37 bits per heavy atom. The smallest absolute Gasteiger partial charge is 0.338 e. The van der Waals surface area contributed by atoms with E-state index >= 15 is 0 Å². The number of para-hydroxylation sites is 1. The van der Waals surface area contributed by atoms with Crippen LogP contribution < -0.4 is 4.74 Å². The average Bonchev–Trinajstić information content (AvgIpc) is 3.12. The molecule has 0 atom stereocenters. The Labute approximate surface area is 174 Å². The van der Waals surface area contributed by atoms with E-state index in [1.807, 2.05) is 6.92 Å². The van der Waals surface area contributed by atoms with Crippen LogP contribution in [0.1, 0.15) is 22.8 Å². The van der Waals surface area contributed by atoms with Gasteiger partial charge in [0, 0.05) is 20.3 Å². The first kappa shape index (κ1) is 21.5. The zero-order valence-electron chi connectivity index (χ0n) is 16.9. The number of fused-ring (bicyclic) bond motifs is 1. The molecular formula is C20H22N4O5S. The van der Waals surface area contributed by atoms with Crippen LogP contribution in [0, 0.1) is 0 Å². The van der Waals surface area contributed by atoms with Gasteiger partial charge in [0.05, 0.1) is 11.1 Å². The van der Waals surface area contributed by atoms with Crippen molar-refractivity contribution in [3.05, 3.63) is 54.2 Å². The van der Waals surface area contributed by atoms with Crippen LogP contribution in [0.5, 0.6) is 5.75 Å². The van der Waals surface area contributed by atoms with E-state index in [1.54, 1.807) is 24.3 Å². The summed E-state index contributed by atoms with van der Waals surface area (Å²) in [6, 6.07) is 6.35. The predicted octanol–water partition coefficient (Wildman–Crippen LogP) is 2.58. The van der Waals surface area contributed by atoms with Crippen molar-refractivity contribution in [3.63, 3.8) is 0 Å². The van der Waals surface area contributed by atoms with E-state index in [2.05, 4.69) is 16.5 Å². The van der Waals surface area contributed by atoms with Gasteiger partial charge >= 0.3 is 16.2 Å². The molecule has 3 aromatic rings. The number of ether oxygens (including phenoxy) is 1. The lowest BCUT2D eigenvalue weighted by atomic mass is 10.1. The number of aromatic nitrogens is 3. The molecule has 0 spiro atoms. The topological polar surface area (TPSA) is 115 Å². The summed E-state index contributed by atoms with van der Waals surface area (Å²) in [5.74, 6) is -0.978. The van der Waals surface area contributed by atoms with Crippen molar-refractivity contribution in [2.45, 2.75) is 13.3 Å².